The molecule has 3 aliphatic carbocycles. The third-order valence-electron chi connectivity index (χ3n) is 5.76. The van der Waals surface area contributed by atoms with Gasteiger partial charge in [0.25, 0.3) is 0 Å². The average molecular weight is 204 g/mol. The van der Waals surface area contributed by atoms with Gasteiger partial charge in [0.1, 0.15) is 0 Å². The first-order valence-corrected chi connectivity index (χ1v) is 6.54. The van der Waals surface area contributed by atoms with Crippen LogP contribution in [0, 0.1) is 23.7 Å². The van der Waals surface area contributed by atoms with Crippen molar-refractivity contribution < 1.29 is 4.74 Å². The highest BCUT2D eigenvalue weighted by Crippen LogP contribution is 2.68. The summed E-state index contributed by atoms with van der Waals surface area (Å²) in [4.78, 5) is 0. The number of ether oxygens (including phenoxy) is 1. The summed E-state index contributed by atoms with van der Waals surface area (Å²) in [5, 5.41) is 0. The van der Waals surface area contributed by atoms with Gasteiger partial charge in [-0.05, 0) is 63.2 Å². The smallest absolute Gasteiger partial charge is 0.0979 e. The fourth-order valence-electron chi connectivity index (χ4n) is 5.03. The van der Waals surface area contributed by atoms with Gasteiger partial charge in [0.2, 0.25) is 0 Å². The van der Waals surface area contributed by atoms with Crippen LogP contribution in [0.2, 0.25) is 0 Å². The Balaban J connectivity index is 1.67. The van der Waals surface area contributed by atoms with E-state index in [0.29, 0.717) is 11.7 Å². The lowest BCUT2D eigenvalue weighted by atomic mass is 9.67. The predicted octanol–water partition coefficient (Wildman–Crippen LogP) is 3.16. The van der Waals surface area contributed by atoms with Gasteiger partial charge in [0.05, 0.1) is 11.7 Å². The van der Waals surface area contributed by atoms with Crippen molar-refractivity contribution in [3.63, 3.8) is 0 Å². The van der Waals surface area contributed by atoms with Crippen LogP contribution in [0.4, 0.5) is 0 Å². The molecule has 1 heteroatoms. The van der Waals surface area contributed by atoms with Crippen LogP contribution >= 0.6 is 0 Å². The molecule has 15 heavy (non-hydrogen) atoms. The molecule has 6 atom stereocenters. The van der Waals surface area contributed by atoms with Gasteiger partial charge in [0.15, 0.2) is 0 Å². The molecular weight excluding hydrogens is 184 g/mol. The minimum atomic E-state index is 0.366. The molecule has 1 heterocycles. The molecule has 0 amide bonds. The van der Waals surface area contributed by atoms with Crippen LogP contribution in [0.1, 0.15) is 39.5 Å². The lowest BCUT2D eigenvalue weighted by Gasteiger charge is -2.37. The molecule has 1 saturated heterocycles. The maximum absolute atomic E-state index is 5.95. The SMILES string of the molecule is CC1=CC[C@@H]2[C@H](C1)[C@H]1C[C@H]2[C@]2(C1)O[C@@H]2C. The molecule has 1 nitrogen and oxygen atoms in total. The van der Waals surface area contributed by atoms with Crippen molar-refractivity contribution in [1.29, 1.82) is 0 Å². The summed E-state index contributed by atoms with van der Waals surface area (Å²) >= 11 is 0. The minimum Gasteiger partial charge on any atom is -0.366 e. The molecule has 0 aromatic rings. The fraction of sp³-hybridized carbons (Fsp3) is 0.857. The Hall–Kier alpha value is -0.300. The Morgan fingerprint density at radius 1 is 1.40 bits per heavy atom. The third-order valence-corrected chi connectivity index (χ3v) is 5.76. The molecule has 4 aliphatic rings. The lowest BCUT2D eigenvalue weighted by Crippen LogP contribution is -2.36. The van der Waals surface area contributed by atoms with Crippen LogP contribution < -0.4 is 0 Å². The summed E-state index contributed by atoms with van der Waals surface area (Å²) in [5.41, 5.74) is 2.01. The second-order valence-electron chi connectivity index (χ2n) is 6.34. The normalized spacial score (nSPS) is 60.7. The molecule has 82 valence electrons. The van der Waals surface area contributed by atoms with Gasteiger partial charge in [0, 0.05) is 0 Å². The summed E-state index contributed by atoms with van der Waals surface area (Å²) in [6.07, 6.45) is 8.64. The summed E-state index contributed by atoms with van der Waals surface area (Å²) in [6.45, 7) is 4.59. The van der Waals surface area contributed by atoms with E-state index in [-0.39, 0.29) is 0 Å². The van der Waals surface area contributed by atoms with Crippen LogP contribution in [0.5, 0.6) is 0 Å². The van der Waals surface area contributed by atoms with Crippen molar-refractivity contribution in [2.75, 3.05) is 0 Å². The molecule has 2 bridgehead atoms. The zero-order chi connectivity index (χ0) is 10.2. The number of rotatable bonds is 0. The first-order chi connectivity index (χ1) is 7.21. The van der Waals surface area contributed by atoms with E-state index in [1.165, 1.54) is 25.7 Å². The molecule has 0 radical (unpaired) electrons. The average Bonchev–Trinajstić information content (AvgIpc) is 2.61. The van der Waals surface area contributed by atoms with Crippen LogP contribution in [-0.2, 0) is 4.74 Å². The Kier molecular flexibility index (Phi) is 1.47. The first kappa shape index (κ1) is 8.81. The second-order valence-corrected chi connectivity index (χ2v) is 6.34. The number of epoxide rings is 1. The van der Waals surface area contributed by atoms with E-state index in [1.807, 2.05) is 0 Å². The quantitative estimate of drug-likeness (QED) is 0.436. The molecule has 0 unspecified atom stereocenters. The fourth-order valence-corrected chi connectivity index (χ4v) is 5.03. The van der Waals surface area contributed by atoms with E-state index in [1.54, 1.807) is 5.57 Å². The minimum absolute atomic E-state index is 0.366. The number of allylic oxidation sites excluding steroid dienone is 2. The monoisotopic (exact) mass is 204 g/mol. The van der Waals surface area contributed by atoms with Crippen molar-refractivity contribution in [2.24, 2.45) is 23.7 Å². The summed E-state index contributed by atoms with van der Waals surface area (Å²) in [7, 11) is 0. The first-order valence-electron chi connectivity index (χ1n) is 6.54. The van der Waals surface area contributed by atoms with Crippen molar-refractivity contribution >= 4 is 0 Å². The predicted molar refractivity (Wildman–Crippen MR) is 59.5 cm³/mol. The van der Waals surface area contributed by atoms with Gasteiger partial charge in [-0.2, -0.15) is 0 Å². The van der Waals surface area contributed by atoms with E-state index in [0.717, 1.165) is 23.7 Å². The zero-order valence-electron chi connectivity index (χ0n) is 9.70. The Bertz CT molecular complexity index is 345. The van der Waals surface area contributed by atoms with E-state index < -0.39 is 0 Å². The molecule has 0 aromatic carbocycles. The molecule has 2 saturated carbocycles. The van der Waals surface area contributed by atoms with Crippen LogP contribution in [0.15, 0.2) is 11.6 Å². The molecule has 4 rings (SSSR count). The van der Waals surface area contributed by atoms with Crippen molar-refractivity contribution in [3.8, 4) is 0 Å². The largest absolute Gasteiger partial charge is 0.366 e. The van der Waals surface area contributed by atoms with Gasteiger partial charge >= 0.3 is 0 Å². The van der Waals surface area contributed by atoms with E-state index in [9.17, 15) is 0 Å². The number of hydrogen-bond donors (Lipinski definition) is 0. The van der Waals surface area contributed by atoms with Gasteiger partial charge < -0.3 is 4.74 Å². The maximum Gasteiger partial charge on any atom is 0.0979 e. The summed E-state index contributed by atoms with van der Waals surface area (Å²) in [5.74, 6) is 3.89. The Morgan fingerprint density at radius 3 is 2.93 bits per heavy atom. The van der Waals surface area contributed by atoms with Crippen molar-refractivity contribution in [1.82, 2.24) is 0 Å². The summed E-state index contributed by atoms with van der Waals surface area (Å²) in [6, 6.07) is 0. The standard InChI is InChI=1S/C14H20O/c1-8-3-4-11-12(5-8)10-6-13(11)14(7-10)9(2)15-14/h3,9-13H,4-7H2,1-2H3/t9-,10+,11-,12-,13-,14-/m1/s1. The summed E-state index contributed by atoms with van der Waals surface area (Å²) < 4.78 is 5.95. The highest BCUT2D eigenvalue weighted by molar-refractivity contribution is 5.22. The number of fused-ring (bicyclic) bond motifs is 6. The van der Waals surface area contributed by atoms with Gasteiger partial charge in [-0.1, -0.05) is 11.6 Å². The Labute approximate surface area is 91.9 Å². The number of hydrogen-bond acceptors (Lipinski definition) is 1. The Morgan fingerprint density at radius 2 is 2.20 bits per heavy atom. The second kappa shape index (κ2) is 2.51. The molecule has 1 aliphatic heterocycles. The van der Waals surface area contributed by atoms with Crippen LogP contribution in [0.25, 0.3) is 0 Å². The highest BCUT2D eigenvalue weighted by atomic mass is 16.6. The molecule has 0 N–H and O–H groups in total. The molecule has 0 aromatic heterocycles. The zero-order valence-corrected chi connectivity index (χ0v) is 9.70. The van der Waals surface area contributed by atoms with E-state index in [2.05, 4.69) is 19.9 Å². The van der Waals surface area contributed by atoms with Crippen LogP contribution in [0.3, 0.4) is 0 Å². The van der Waals surface area contributed by atoms with Crippen molar-refractivity contribution in [2.45, 2.75) is 51.2 Å². The molecular formula is C14H20O. The molecule has 1 spiro atoms. The maximum atomic E-state index is 5.95. The molecule has 3 fully saturated rings. The van der Waals surface area contributed by atoms with Crippen LogP contribution in [-0.4, -0.2) is 11.7 Å². The van der Waals surface area contributed by atoms with E-state index >= 15 is 0 Å². The van der Waals surface area contributed by atoms with E-state index in [4.69, 9.17) is 4.74 Å². The van der Waals surface area contributed by atoms with Gasteiger partial charge in [-0.15, -0.1) is 0 Å². The lowest BCUT2D eigenvalue weighted by molar-refractivity contribution is 0.114. The third kappa shape index (κ3) is 0.939. The van der Waals surface area contributed by atoms with Crippen molar-refractivity contribution in [3.05, 3.63) is 11.6 Å². The highest BCUT2D eigenvalue weighted by Gasteiger charge is 2.70. The van der Waals surface area contributed by atoms with Gasteiger partial charge in [-0.25, -0.2) is 0 Å². The topological polar surface area (TPSA) is 12.5 Å². The van der Waals surface area contributed by atoms with Gasteiger partial charge in [-0.3, -0.25) is 0 Å².